The van der Waals surface area contributed by atoms with Gasteiger partial charge in [-0.15, -0.1) is 0 Å². The van der Waals surface area contributed by atoms with Crippen LogP contribution in [0, 0.1) is 25.7 Å². The average Bonchev–Trinajstić information content (AvgIpc) is 3.05. The second-order valence-corrected chi connectivity index (χ2v) is 11.1. The summed E-state index contributed by atoms with van der Waals surface area (Å²) in [4.78, 5) is 15.0. The van der Waals surface area contributed by atoms with E-state index in [0.29, 0.717) is 31.7 Å². The summed E-state index contributed by atoms with van der Waals surface area (Å²) >= 11 is 0. The summed E-state index contributed by atoms with van der Waals surface area (Å²) < 4.78 is 34.1. The third kappa shape index (κ3) is 4.93. The Kier molecular flexibility index (Phi) is 6.79. The lowest BCUT2D eigenvalue weighted by Crippen LogP contribution is -2.50. The Bertz CT molecular complexity index is 1110. The second-order valence-electron chi connectivity index (χ2n) is 9.28. The Labute approximate surface area is 196 Å². The summed E-state index contributed by atoms with van der Waals surface area (Å²) in [7, 11) is -1.91. The monoisotopic (exact) mass is 471 g/mol. The van der Waals surface area contributed by atoms with Gasteiger partial charge in [0.1, 0.15) is 11.0 Å². The molecule has 3 unspecified atom stereocenters. The molecule has 0 spiro atoms. The van der Waals surface area contributed by atoms with E-state index in [1.807, 2.05) is 51.1 Å². The summed E-state index contributed by atoms with van der Waals surface area (Å²) in [5.41, 5.74) is 3.79. The van der Waals surface area contributed by atoms with Crippen LogP contribution in [-0.4, -0.2) is 45.6 Å². The van der Waals surface area contributed by atoms with Gasteiger partial charge in [-0.05, 0) is 61.6 Å². The first-order chi connectivity index (χ1) is 15.7. The van der Waals surface area contributed by atoms with Crippen LogP contribution in [0.3, 0.4) is 0 Å². The summed E-state index contributed by atoms with van der Waals surface area (Å²) in [5.74, 6) is 0.544. The van der Waals surface area contributed by atoms with E-state index in [-0.39, 0.29) is 23.9 Å². The predicted molar refractivity (Wildman–Crippen MR) is 130 cm³/mol. The quantitative estimate of drug-likeness (QED) is 0.696. The zero-order valence-corrected chi connectivity index (χ0v) is 20.5. The van der Waals surface area contributed by atoms with E-state index in [1.165, 1.54) is 0 Å². The van der Waals surface area contributed by atoms with E-state index in [2.05, 4.69) is 14.9 Å². The van der Waals surface area contributed by atoms with E-state index in [4.69, 9.17) is 4.74 Å². The highest BCUT2D eigenvalue weighted by Gasteiger charge is 2.48. The predicted octanol–water partition coefficient (Wildman–Crippen LogP) is 3.60. The number of benzene rings is 2. The van der Waals surface area contributed by atoms with Crippen molar-refractivity contribution in [2.45, 2.75) is 45.0 Å². The number of carbonyl (C=O) groups excluding carboxylic acids is 1. The molecule has 2 aromatic carbocycles. The summed E-state index contributed by atoms with van der Waals surface area (Å²) in [6.45, 7) is 7.34. The highest BCUT2D eigenvalue weighted by Crippen LogP contribution is 2.40. The minimum atomic E-state index is -3.50. The molecule has 2 saturated heterocycles. The van der Waals surface area contributed by atoms with Gasteiger partial charge in [-0.3, -0.25) is 9.69 Å². The van der Waals surface area contributed by atoms with Gasteiger partial charge < -0.3 is 10.1 Å². The lowest BCUT2D eigenvalue weighted by atomic mass is 9.92. The smallest absolute Gasteiger partial charge is 0.227 e. The van der Waals surface area contributed by atoms with Crippen molar-refractivity contribution >= 4 is 21.6 Å². The molecule has 33 heavy (non-hydrogen) atoms. The molecule has 178 valence electrons. The number of aryl methyl sites for hydroxylation is 2. The van der Waals surface area contributed by atoms with Gasteiger partial charge in [-0.1, -0.05) is 31.2 Å². The maximum absolute atomic E-state index is 13.0. The van der Waals surface area contributed by atoms with Crippen LogP contribution < -0.4 is 14.8 Å². The van der Waals surface area contributed by atoms with E-state index in [9.17, 15) is 13.2 Å². The van der Waals surface area contributed by atoms with Crippen LogP contribution in [0.1, 0.15) is 41.7 Å². The number of hydrogen-bond donors (Lipinski definition) is 2. The molecule has 2 N–H and O–H groups in total. The Balaban J connectivity index is 1.40. The zero-order valence-electron chi connectivity index (χ0n) is 19.7. The van der Waals surface area contributed by atoms with Crippen molar-refractivity contribution in [3.05, 3.63) is 59.2 Å². The summed E-state index contributed by atoms with van der Waals surface area (Å²) in [5, 5.41) is 2.47. The molecule has 0 aliphatic carbocycles. The number of likely N-dealkylation sites (tertiary alicyclic amines) is 1. The number of anilines is 1. The van der Waals surface area contributed by atoms with Gasteiger partial charge in [0.15, 0.2) is 0 Å². The maximum atomic E-state index is 13.0. The molecule has 2 aromatic rings. The van der Waals surface area contributed by atoms with Crippen LogP contribution in [0.4, 0.5) is 5.69 Å². The minimum absolute atomic E-state index is 0.0412. The van der Waals surface area contributed by atoms with Crippen molar-refractivity contribution in [1.29, 1.82) is 0 Å². The van der Waals surface area contributed by atoms with E-state index in [1.54, 1.807) is 19.2 Å². The molecule has 1 amide bonds. The van der Waals surface area contributed by atoms with Gasteiger partial charge in [-0.25, -0.2) is 8.42 Å². The first-order valence-corrected chi connectivity index (χ1v) is 13.0. The van der Waals surface area contributed by atoms with Crippen LogP contribution in [0.5, 0.6) is 5.75 Å². The number of nitrogens with zero attached hydrogens (tertiary/aromatic N) is 1. The van der Waals surface area contributed by atoms with Gasteiger partial charge in [0.25, 0.3) is 0 Å². The normalized spacial score (nSPS) is 25.6. The molecular formula is C25H33N3O4S. The SMILES string of the molecule is COc1ccc(C2C(C)C(N3CCC(C(=O)Nc4cc(C)ccc4C)CC3)NS2(=O)=O)cc1. The van der Waals surface area contributed by atoms with Gasteiger partial charge in [0.2, 0.25) is 15.9 Å². The number of hydrogen-bond acceptors (Lipinski definition) is 5. The molecule has 3 atom stereocenters. The molecule has 0 saturated carbocycles. The number of nitrogens with one attached hydrogen (secondary N) is 2. The molecule has 2 fully saturated rings. The number of rotatable bonds is 5. The largest absolute Gasteiger partial charge is 0.497 e. The highest BCUT2D eigenvalue weighted by atomic mass is 32.2. The Morgan fingerprint density at radius 1 is 1.09 bits per heavy atom. The van der Waals surface area contributed by atoms with Gasteiger partial charge >= 0.3 is 0 Å². The topological polar surface area (TPSA) is 87.7 Å². The molecule has 2 heterocycles. The van der Waals surface area contributed by atoms with E-state index >= 15 is 0 Å². The van der Waals surface area contributed by atoms with Crippen LogP contribution in [-0.2, 0) is 14.8 Å². The number of amides is 1. The molecule has 7 nitrogen and oxygen atoms in total. The van der Waals surface area contributed by atoms with Crippen LogP contribution in [0.15, 0.2) is 42.5 Å². The Morgan fingerprint density at radius 2 is 1.76 bits per heavy atom. The fraction of sp³-hybridized carbons (Fsp3) is 0.480. The summed E-state index contributed by atoms with van der Waals surface area (Å²) in [6, 6.07) is 13.3. The third-order valence-electron chi connectivity index (χ3n) is 6.98. The maximum Gasteiger partial charge on any atom is 0.227 e. The fourth-order valence-electron chi connectivity index (χ4n) is 5.03. The molecule has 2 aliphatic rings. The highest BCUT2D eigenvalue weighted by molar-refractivity contribution is 7.90. The zero-order chi connectivity index (χ0) is 23.8. The van der Waals surface area contributed by atoms with Gasteiger partial charge in [0.05, 0.1) is 13.3 Å². The molecule has 0 radical (unpaired) electrons. The molecule has 2 aliphatic heterocycles. The van der Waals surface area contributed by atoms with Crippen molar-refractivity contribution in [2.75, 3.05) is 25.5 Å². The van der Waals surface area contributed by atoms with Crippen molar-refractivity contribution < 1.29 is 17.9 Å². The molecular weight excluding hydrogens is 438 g/mol. The number of methoxy groups -OCH3 is 1. The van der Waals surface area contributed by atoms with Gasteiger partial charge in [-0.2, -0.15) is 4.72 Å². The number of ether oxygens (including phenoxy) is 1. The Hall–Kier alpha value is -2.42. The van der Waals surface area contributed by atoms with Crippen molar-refractivity contribution in [1.82, 2.24) is 9.62 Å². The molecule has 4 rings (SSSR count). The van der Waals surface area contributed by atoms with Crippen LogP contribution in [0.2, 0.25) is 0 Å². The summed E-state index contributed by atoms with van der Waals surface area (Å²) in [6.07, 6.45) is 1.13. The van der Waals surface area contributed by atoms with E-state index in [0.717, 1.165) is 22.4 Å². The number of sulfonamides is 1. The van der Waals surface area contributed by atoms with Gasteiger partial charge in [0, 0.05) is 30.6 Å². The lowest BCUT2D eigenvalue weighted by molar-refractivity contribution is -0.121. The first-order valence-electron chi connectivity index (χ1n) is 11.5. The number of piperidine rings is 1. The Morgan fingerprint density at radius 3 is 2.39 bits per heavy atom. The first kappa shape index (κ1) is 23.7. The lowest BCUT2D eigenvalue weighted by Gasteiger charge is -2.37. The van der Waals surface area contributed by atoms with Crippen molar-refractivity contribution in [3.63, 3.8) is 0 Å². The standard InChI is InChI=1S/C25H33N3O4S/c1-16-5-6-17(2)22(15-16)26-25(29)20-11-13-28(14-12-20)24-18(3)23(33(30,31)27-24)19-7-9-21(32-4)10-8-19/h5-10,15,18,20,23-24,27H,11-14H2,1-4H3,(H,26,29). The minimum Gasteiger partial charge on any atom is -0.497 e. The van der Waals surface area contributed by atoms with Crippen LogP contribution in [0.25, 0.3) is 0 Å². The molecule has 8 heteroatoms. The van der Waals surface area contributed by atoms with Crippen molar-refractivity contribution in [3.8, 4) is 5.75 Å². The van der Waals surface area contributed by atoms with E-state index < -0.39 is 15.3 Å². The third-order valence-corrected chi connectivity index (χ3v) is 8.92. The molecule has 0 bridgehead atoms. The second kappa shape index (κ2) is 9.44. The number of carbonyl (C=O) groups is 1. The van der Waals surface area contributed by atoms with Crippen molar-refractivity contribution in [2.24, 2.45) is 11.8 Å². The average molecular weight is 472 g/mol. The van der Waals surface area contributed by atoms with Crippen LogP contribution >= 0.6 is 0 Å². The fourth-order valence-corrected chi connectivity index (χ4v) is 7.10. The molecule has 0 aromatic heterocycles.